The van der Waals surface area contributed by atoms with Gasteiger partial charge in [0.05, 0.1) is 13.2 Å². The summed E-state index contributed by atoms with van der Waals surface area (Å²) in [5.74, 6) is 0.771. The van der Waals surface area contributed by atoms with Crippen LogP contribution in [0.1, 0.15) is 26.7 Å². The van der Waals surface area contributed by atoms with Crippen molar-refractivity contribution in [3.8, 4) is 0 Å². The smallest absolute Gasteiger partial charge is 0.0545 e. The number of halogens is 1. The van der Waals surface area contributed by atoms with Crippen LogP contribution >= 0.6 is 22.6 Å². The minimum Gasteiger partial charge on any atom is -0.380 e. The molecule has 0 atom stereocenters. The van der Waals surface area contributed by atoms with Crippen molar-refractivity contribution in [2.45, 2.75) is 26.7 Å². The molecule has 0 radical (unpaired) electrons. The molecule has 0 amide bonds. The van der Waals surface area contributed by atoms with Crippen LogP contribution in [-0.4, -0.2) is 42.7 Å². The quantitative estimate of drug-likeness (QED) is 0.527. The van der Waals surface area contributed by atoms with Crippen molar-refractivity contribution in [2.75, 3.05) is 37.8 Å². The molecular weight excluding hydrogens is 301 g/mol. The number of ether oxygens (including phenoxy) is 1. The van der Waals surface area contributed by atoms with E-state index in [1.165, 1.54) is 30.4 Å². The van der Waals surface area contributed by atoms with Crippen molar-refractivity contribution in [1.29, 1.82) is 0 Å². The summed E-state index contributed by atoms with van der Waals surface area (Å²) in [6, 6.07) is 0. The molecule has 0 bridgehead atoms. The summed E-state index contributed by atoms with van der Waals surface area (Å²) in [5.41, 5.74) is 0.520. The highest BCUT2D eigenvalue weighted by molar-refractivity contribution is 14.1. The zero-order chi connectivity index (χ0) is 11.3. The Morgan fingerprint density at radius 3 is 2.40 bits per heavy atom. The van der Waals surface area contributed by atoms with Gasteiger partial charge in [-0.3, -0.25) is 0 Å². The van der Waals surface area contributed by atoms with Crippen LogP contribution in [0.25, 0.3) is 0 Å². The lowest BCUT2D eigenvalue weighted by Gasteiger charge is -2.42. The van der Waals surface area contributed by atoms with E-state index in [4.69, 9.17) is 4.74 Å². The van der Waals surface area contributed by atoms with Gasteiger partial charge in [0, 0.05) is 16.4 Å². The van der Waals surface area contributed by atoms with Crippen LogP contribution in [0.3, 0.4) is 0 Å². The fraction of sp³-hybridized carbons (Fsp3) is 1.00. The first-order valence-electron chi connectivity index (χ1n) is 5.90. The van der Waals surface area contributed by atoms with Gasteiger partial charge >= 0.3 is 0 Å². The zero-order valence-electron chi connectivity index (χ0n) is 10.3. The van der Waals surface area contributed by atoms with Crippen molar-refractivity contribution in [1.82, 2.24) is 4.90 Å². The summed E-state index contributed by atoms with van der Waals surface area (Å²) < 4.78 is 6.64. The number of hydrogen-bond acceptors (Lipinski definition) is 2. The fourth-order valence-electron chi connectivity index (χ4n) is 2.15. The lowest BCUT2D eigenvalue weighted by Crippen LogP contribution is -2.45. The topological polar surface area (TPSA) is 12.5 Å². The van der Waals surface area contributed by atoms with Crippen molar-refractivity contribution in [3.05, 3.63) is 0 Å². The van der Waals surface area contributed by atoms with E-state index >= 15 is 0 Å². The molecule has 0 aromatic rings. The van der Waals surface area contributed by atoms with Crippen LogP contribution in [0.2, 0.25) is 0 Å². The van der Waals surface area contributed by atoms with Crippen LogP contribution < -0.4 is 0 Å². The van der Waals surface area contributed by atoms with Gasteiger partial charge in [-0.15, -0.1) is 0 Å². The molecule has 15 heavy (non-hydrogen) atoms. The molecular formula is C12H24INO. The Morgan fingerprint density at radius 2 is 2.00 bits per heavy atom. The Labute approximate surface area is 108 Å². The van der Waals surface area contributed by atoms with Crippen LogP contribution in [0.15, 0.2) is 0 Å². The molecule has 0 unspecified atom stereocenters. The van der Waals surface area contributed by atoms with Crippen LogP contribution in [-0.2, 0) is 4.74 Å². The van der Waals surface area contributed by atoms with Gasteiger partial charge in [0.25, 0.3) is 0 Å². The molecule has 90 valence electrons. The Morgan fingerprint density at radius 1 is 1.33 bits per heavy atom. The third-order valence-corrected chi connectivity index (χ3v) is 3.68. The standard InChI is InChI=1S/C12H24INO/c1-11(2)8-14(3)7-5-12(4-6-13)9-15-10-12/h11H,4-10H2,1-3H3. The molecule has 2 nitrogen and oxygen atoms in total. The molecule has 3 heteroatoms. The molecule has 0 saturated carbocycles. The largest absolute Gasteiger partial charge is 0.380 e. The van der Waals surface area contributed by atoms with E-state index in [0.717, 1.165) is 19.1 Å². The molecule has 0 spiro atoms. The predicted molar refractivity (Wildman–Crippen MR) is 73.7 cm³/mol. The Bertz CT molecular complexity index is 180. The summed E-state index contributed by atoms with van der Waals surface area (Å²) in [6.45, 7) is 8.98. The molecule has 1 saturated heterocycles. The van der Waals surface area contributed by atoms with Gasteiger partial charge in [0.1, 0.15) is 0 Å². The Hall–Kier alpha value is 0.650. The molecule has 0 aromatic heterocycles. The summed E-state index contributed by atoms with van der Waals surface area (Å²) in [7, 11) is 2.23. The molecule has 1 heterocycles. The number of hydrogen-bond donors (Lipinski definition) is 0. The molecule has 0 N–H and O–H groups in total. The average molecular weight is 325 g/mol. The maximum absolute atomic E-state index is 5.38. The SMILES string of the molecule is CC(C)CN(C)CCC1(CCI)COC1. The van der Waals surface area contributed by atoms with E-state index in [2.05, 4.69) is 48.4 Å². The summed E-state index contributed by atoms with van der Waals surface area (Å²) in [4.78, 5) is 2.46. The molecule has 0 aromatic carbocycles. The summed E-state index contributed by atoms with van der Waals surface area (Å²) in [6.07, 6.45) is 2.63. The first kappa shape index (κ1) is 13.7. The molecule has 1 aliphatic rings. The van der Waals surface area contributed by atoms with E-state index in [9.17, 15) is 0 Å². The van der Waals surface area contributed by atoms with Crippen molar-refractivity contribution in [2.24, 2.45) is 11.3 Å². The molecule has 1 fully saturated rings. The third kappa shape index (κ3) is 4.57. The van der Waals surface area contributed by atoms with E-state index in [0.29, 0.717) is 5.41 Å². The summed E-state index contributed by atoms with van der Waals surface area (Å²) in [5, 5.41) is 0. The van der Waals surface area contributed by atoms with Crippen molar-refractivity contribution in [3.63, 3.8) is 0 Å². The first-order valence-corrected chi connectivity index (χ1v) is 7.43. The lowest BCUT2D eigenvalue weighted by atomic mass is 9.80. The number of rotatable bonds is 7. The van der Waals surface area contributed by atoms with E-state index < -0.39 is 0 Å². The first-order chi connectivity index (χ1) is 7.08. The van der Waals surface area contributed by atoms with Gasteiger partial charge in [-0.2, -0.15) is 0 Å². The molecule has 1 rings (SSSR count). The number of alkyl halides is 1. The minimum atomic E-state index is 0.520. The van der Waals surface area contributed by atoms with Gasteiger partial charge < -0.3 is 9.64 Å². The summed E-state index contributed by atoms with van der Waals surface area (Å²) >= 11 is 2.48. The van der Waals surface area contributed by atoms with Crippen LogP contribution in [0.4, 0.5) is 0 Å². The van der Waals surface area contributed by atoms with Gasteiger partial charge in [-0.05, 0) is 32.4 Å². The average Bonchev–Trinajstić information content (AvgIpc) is 2.08. The molecule has 1 aliphatic heterocycles. The monoisotopic (exact) mass is 325 g/mol. The van der Waals surface area contributed by atoms with E-state index in [-0.39, 0.29) is 0 Å². The second-order valence-electron chi connectivity index (χ2n) is 5.34. The highest BCUT2D eigenvalue weighted by Crippen LogP contribution is 2.35. The van der Waals surface area contributed by atoms with E-state index in [1.54, 1.807) is 0 Å². The van der Waals surface area contributed by atoms with Crippen LogP contribution in [0.5, 0.6) is 0 Å². The van der Waals surface area contributed by atoms with Crippen molar-refractivity contribution >= 4 is 22.6 Å². The van der Waals surface area contributed by atoms with Gasteiger partial charge in [-0.25, -0.2) is 0 Å². The zero-order valence-corrected chi connectivity index (χ0v) is 12.4. The lowest BCUT2D eigenvalue weighted by molar-refractivity contribution is -0.120. The second-order valence-corrected chi connectivity index (χ2v) is 6.42. The van der Waals surface area contributed by atoms with E-state index in [1.807, 2.05) is 0 Å². The van der Waals surface area contributed by atoms with Gasteiger partial charge in [0.2, 0.25) is 0 Å². The highest BCUT2D eigenvalue weighted by Gasteiger charge is 2.37. The Kier molecular flexibility index (Phi) is 5.85. The third-order valence-electron chi connectivity index (χ3n) is 3.14. The molecule has 0 aliphatic carbocycles. The van der Waals surface area contributed by atoms with Gasteiger partial charge in [0.15, 0.2) is 0 Å². The normalized spacial score (nSPS) is 19.6. The highest BCUT2D eigenvalue weighted by atomic mass is 127. The second kappa shape index (κ2) is 6.40. The fourth-order valence-corrected chi connectivity index (χ4v) is 3.29. The maximum atomic E-state index is 5.38. The predicted octanol–water partition coefficient (Wildman–Crippen LogP) is 2.81. The number of nitrogens with zero attached hydrogens (tertiary/aromatic N) is 1. The minimum absolute atomic E-state index is 0.520. The van der Waals surface area contributed by atoms with Gasteiger partial charge in [-0.1, -0.05) is 36.4 Å². The van der Waals surface area contributed by atoms with Crippen molar-refractivity contribution < 1.29 is 4.74 Å². The maximum Gasteiger partial charge on any atom is 0.0545 e. The Balaban J connectivity index is 2.22. The van der Waals surface area contributed by atoms with Crippen LogP contribution in [0, 0.1) is 11.3 Å².